The number of carbonyl (C=O) groups is 2. The molecule has 1 fully saturated rings. The summed E-state index contributed by atoms with van der Waals surface area (Å²) in [4.78, 5) is 31.7. The van der Waals surface area contributed by atoms with E-state index in [1.165, 1.54) is 6.42 Å². The lowest BCUT2D eigenvalue weighted by molar-refractivity contribution is 0.0996. The van der Waals surface area contributed by atoms with Gasteiger partial charge in [-0.3, -0.25) is 14.6 Å². The van der Waals surface area contributed by atoms with E-state index >= 15 is 0 Å². The monoisotopic (exact) mass is 402 g/mol. The number of nitrogens with zero attached hydrogens (tertiary/aromatic N) is 2. The van der Waals surface area contributed by atoms with Gasteiger partial charge in [-0.25, -0.2) is 0 Å². The summed E-state index contributed by atoms with van der Waals surface area (Å²) in [5, 5.41) is 3.94. The van der Waals surface area contributed by atoms with Gasteiger partial charge in [0.15, 0.2) is 0 Å². The number of amides is 2. The molecule has 0 spiro atoms. The maximum atomic E-state index is 13.2. The summed E-state index contributed by atoms with van der Waals surface area (Å²) in [6.45, 7) is 5.70. The van der Waals surface area contributed by atoms with Crippen LogP contribution in [0.15, 0.2) is 42.5 Å². The van der Waals surface area contributed by atoms with Crippen LogP contribution in [0.25, 0.3) is 10.9 Å². The zero-order valence-corrected chi connectivity index (χ0v) is 17.4. The molecule has 0 saturated carbocycles. The van der Waals surface area contributed by atoms with Crippen LogP contribution in [0.3, 0.4) is 0 Å². The van der Waals surface area contributed by atoms with Gasteiger partial charge in [-0.2, -0.15) is 0 Å². The lowest BCUT2D eigenvalue weighted by Gasteiger charge is -2.30. The van der Waals surface area contributed by atoms with Crippen molar-refractivity contribution in [3.05, 3.63) is 64.8 Å². The number of primary amides is 1. The van der Waals surface area contributed by atoms with E-state index in [2.05, 4.69) is 15.2 Å². The Hall–Kier alpha value is -3.41. The average molecular weight is 402 g/mol. The van der Waals surface area contributed by atoms with E-state index in [0.29, 0.717) is 22.5 Å². The average Bonchev–Trinajstić information content (AvgIpc) is 2.74. The van der Waals surface area contributed by atoms with Crippen LogP contribution in [0.4, 0.5) is 11.4 Å². The molecule has 2 aromatic carbocycles. The molecule has 2 amide bonds. The number of aromatic nitrogens is 1. The lowest BCUT2D eigenvalue weighted by atomic mass is 10.1. The minimum absolute atomic E-state index is 0.247. The minimum atomic E-state index is -0.519. The van der Waals surface area contributed by atoms with Crippen molar-refractivity contribution in [3.8, 4) is 0 Å². The van der Waals surface area contributed by atoms with Gasteiger partial charge in [0.2, 0.25) is 5.91 Å². The van der Waals surface area contributed by atoms with Gasteiger partial charge in [0.05, 0.1) is 28.1 Å². The van der Waals surface area contributed by atoms with Crippen LogP contribution in [0.1, 0.15) is 51.2 Å². The number of nitrogens with two attached hydrogens (primary N) is 1. The normalized spacial score (nSPS) is 14.0. The van der Waals surface area contributed by atoms with Crippen LogP contribution in [0.2, 0.25) is 0 Å². The summed E-state index contributed by atoms with van der Waals surface area (Å²) in [6.07, 6.45) is 3.43. The number of anilines is 2. The van der Waals surface area contributed by atoms with Crippen molar-refractivity contribution in [2.45, 2.75) is 33.1 Å². The highest BCUT2D eigenvalue weighted by atomic mass is 16.2. The van der Waals surface area contributed by atoms with Crippen LogP contribution in [-0.4, -0.2) is 29.9 Å². The van der Waals surface area contributed by atoms with Crippen molar-refractivity contribution in [1.82, 2.24) is 4.98 Å². The number of hydrogen-bond donors (Lipinski definition) is 2. The summed E-state index contributed by atoms with van der Waals surface area (Å²) in [6, 6.07) is 13.1. The second-order valence-electron chi connectivity index (χ2n) is 7.92. The summed E-state index contributed by atoms with van der Waals surface area (Å²) in [7, 11) is 0. The topological polar surface area (TPSA) is 88.3 Å². The maximum Gasteiger partial charge on any atom is 0.257 e. The summed E-state index contributed by atoms with van der Waals surface area (Å²) >= 11 is 0. The number of carbonyl (C=O) groups excluding carboxylic acids is 2. The van der Waals surface area contributed by atoms with Gasteiger partial charge in [-0.1, -0.05) is 11.6 Å². The van der Waals surface area contributed by atoms with E-state index in [1.54, 1.807) is 12.1 Å². The molecule has 3 aromatic rings. The molecule has 0 unspecified atom stereocenters. The molecule has 1 saturated heterocycles. The number of pyridine rings is 1. The first-order valence-corrected chi connectivity index (χ1v) is 10.3. The second kappa shape index (κ2) is 8.14. The molecule has 6 heteroatoms. The fourth-order valence-electron chi connectivity index (χ4n) is 4.01. The molecule has 154 valence electrons. The van der Waals surface area contributed by atoms with Crippen molar-refractivity contribution < 1.29 is 9.59 Å². The molecular weight excluding hydrogens is 376 g/mol. The van der Waals surface area contributed by atoms with Gasteiger partial charge < -0.3 is 16.0 Å². The number of fused-ring (bicyclic) bond motifs is 1. The SMILES string of the molecule is Cc1ccc2nc(C)c(C(=O)Nc3cc(C(N)=O)ccc3N3CCCCC3)cc2c1. The lowest BCUT2D eigenvalue weighted by Crippen LogP contribution is -2.30. The Morgan fingerprint density at radius 2 is 1.77 bits per heavy atom. The van der Waals surface area contributed by atoms with Crippen molar-refractivity contribution in [1.29, 1.82) is 0 Å². The van der Waals surface area contributed by atoms with E-state index < -0.39 is 5.91 Å². The maximum absolute atomic E-state index is 13.2. The third-order valence-corrected chi connectivity index (χ3v) is 5.63. The molecule has 1 aliphatic rings. The molecule has 30 heavy (non-hydrogen) atoms. The van der Waals surface area contributed by atoms with E-state index in [9.17, 15) is 9.59 Å². The Kier molecular flexibility index (Phi) is 5.40. The van der Waals surface area contributed by atoms with Gasteiger partial charge in [-0.05, 0) is 69.5 Å². The third-order valence-electron chi connectivity index (χ3n) is 5.63. The van der Waals surface area contributed by atoms with Crippen molar-refractivity contribution in [2.75, 3.05) is 23.3 Å². The Bertz CT molecular complexity index is 1130. The second-order valence-corrected chi connectivity index (χ2v) is 7.92. The Balaban J connectivity index is 1.71. The van der Waals surface area contributed by atoms with Crippen molar-refractivity contribution in [3.63, 3.8) is 0 Å². The number of benzene rings is 2. The zero-order chi connectivity index (χ0) is 21.3. The highest BCUT2D eigenvalue weighted by molar-refractivity contribution is 6.09. The van der Waals surface area contributed by atoms with E-state index in [4.69, 9.17) is 5.73 Å². The third kappa shape index (κ3) is 3.99. The zero-order valence-electron chi connectivity index (χ0n) is 17.4. The number of piperidine rings is 1. The van der Waals surface area contributed by atoms with Crippen LogP contribution >= 0.6 is 0 Å². The smallest absolute Gasteiger partial charge is 0.257 e. The highest BCUT2D eigenvalue weighted by Crippen LogP contribution is 2.30. The first kappa shape index (κ1) is 19.9. The standard InChI is InChI=1S/C24H26N4O2/c1-15-6-8-20-18(12-15)13-19(16(2)26-20)24(30)27-21-14-17(23(25)29)7-9-22(21)28-10-4-3-5-11-28/h6-9,12-14H,3-5,10-11H2,1-2H3,(H2,25,29)(H,27,30). The van der Waals surface area contributed by atoms with Crippen LogP contribution < -0.4 is 16.0 Å². The van der Waals surface area contributed by atoms with Gasteiger partial charge in [0.25, 0.3) is 5.91 Å². The number of aryl methyl sites for hydroxylation is 2. The summed E-state index contributed by atoms with van der Waals surface area (Å²) in [5.74, 6) is -0.766. The number of nitrogens with one attached hydrogen (secondary N) is 1. The van der Waals surface area contributed by atoms with Crippen LogP contribution in [-0.2, 0) is 0 Å². The number of hydrogen-bond acceptors (Lipinski definition) is 4. The molecule has 1 aromatic heterocycles. The quantitative estimate of drug-likeness (QED) is 0.685. The van der Waals surface area contributed by atoms with Crippen molar-refractivity contribution in [2.24, 2.45) is 5.73 Å². The van der Waals surface area contributed by atoms with E-state index in [-0.39, 0.29) is 5.91 Å². The molecule has 2 heterocycles. The van der Waals surface area contributed by atoms with E-state index in [0.717, 1.165) is 48.1 Å². The van der Waals surface area contributed by atoms with Gasteiger partial charge in [0, 0.05) is 24.0 Å². The summed E-state index contributed by atoms with van der Waals surface area (Å²) < 4.78 is 0. The van der Waals surface area contributed by atoms with E-state index in [1.807, 2.05) is 44.2 Å². The largest absolute Gasteiger partial charge is 0.370 e. The predicted molar refractivity (Wildman–Crippen MR) is 120 cm³/mol. The minimum Gasteiger partial charge on any atom is -0.370 e. The van der Waals surface area contributed by atoms with Crippen LogP contribution in [0, 0.1) is 13.8 Å². The Morgan fingerprint density at radius 3 is 2.50 bits per heavy atom. The fourth-order valence-corrected chi connectivity index (χ4v) is 4.01. The molecule has 0 aliphatic carbocycles. The molecule has 1 aliphatic heterocycles. The molecule has 0 atom stereocenters. The molecule has 0 bridgehead atoms. The van der Waals surface area contributed by atoms with Gasteiger partial charge >= 0.3 is 0 Å². The Labute approximate surface area is 176 Å². The van der Waals surface area contributed by atoms with Gasteiger partial charge in [-0.15, -0.1) is 0 Å². The molecule has 4 rings (SSSR count). The Morgan fingerprint density at radius 1 is 1.00 bits per heavy atom. The molecule has 6 nitrogen and oxygen atoms in total. The van der Waals surface area contributed by atoms with Crippen LogP contribution in [0.5, 0.6) is 0 Å². The molecule has 0 radical (unpaired) electrons. The van der Waals surface area contributed by atoms with Crippen molar-refractivity contribution >= 4 is 34.1 Å². The fraction of sp³-hybridized carbons (Fsp3) is 0.292. The number of rotatable bonds is 4. The molecule has 3 N–H and O–H groups in total. The predicted octanol–water partition coefficient (Wildman–Crippen LogP) is 4.19. The molecular formula is C24H26N4O2. The highest BCUT2D eigenvalue weighted by Gasteiger charge is 2.19. The van der Waals surface area contributed by atoms with Gasteiger partial charge in [0.1, 0.15) is 0 Å². The summed E-state index contributed by atoms with van der Waals surface area (Å²) in [5.41, 5.74) is 10.5. The first-order chi connectivity index (χ1) is 14.4. The first-order valence-electron chi connectivity index (χ1n) is 10.3.